The van der Waals surface area contributed by atoms with E-state index in [0.717, 1.165) is 25.9 Å². The number of likely N-dealkylation sites (tertiary alicyclic amines) is 1. The first-order valence-electron chi connectivity index (χ1n) is 13.3. The van der Waals surface area contributed by atoms with Crippen molar-refractivity contribution in [1.82, 2.24) is 14.9 Å². The molecule has 0 unspecified atom stereocenters. The second kappa shape index (κ2) is 12.5. The van der Waals surface area contributed by atoms with Gasteiger partial charge in [0.15, 0.2) is 11.6 Å². The van der Waals surface area contributed by atoms with Crippen molar-refractivity contribution in [3.05, 3.63) is 84.9 Å². The molecule has 0 spiro atoms. The summed E-state index contributed by atoms with van der Waals surface area (Å²) >= 11 is 0. The van der Waals surface area contributed by atoms with Crippen LogP contribution in [-0.2, 0) is 10.0 Å². The Labute approximate surface area is 239 Å². The zero-order chi connectivity index (χ0) is 28.8. The lowest BCUT2D eigenvalue weighted by Crippen LogP contribution is -2.32. The largest absolute Gasteiger partial charge is 0.497 e. The zero-order valence-corrected chi connectivity index (χ0v) is 23.7. The SMILES string of the molecule is COc1ccc(S(=O)(=O)Nc2ccc(Nc3cc(-c4ccc(OCC5CCN(C)CC5)c(F)c4)ncn3)cc2)cc1. The van der Waals surface area contributed by atoms with Crippen molar-refractivity contribution in [2.24, 2.45) is 5.92 Å². The number of hydrogen-bond donors (Lipinski definition) is 2. The second-order valence-corrected chi connectivity index (χ2v) is 11.7. The predicted molar refractivity (Wildman–Crippen MR) is 157 cm³/mol. The van der Waals surface area contributed by atoms with Crippen LogP contribution in [0.4, 0.5) is 21.6 Å². The summed E-state index contributed by atoms with van der Waals surface area (Å²) in [6.07, 6.45) is 3.50. The number of methoxy groups -OCH3 is 1. The molecule has 2 heterocycles. The fourth-order valence-corrected chi connectivity index (χ4v) is 5.59. The van der Waals surface area contributed by atoms with Gasteiger partial charge in [-0.3, -0.25) is 4.72 Å². The van der Waals surface area contributed by atoms with Gasteiger partial charge in [0, 0.05) is 23.0 Å². The molecule has 41 heavy (non-hydrogen) atoms. The van der Waals surface area contributed by atoms with E-state index < -0.39 is 15.8 Å². The first kappa shape index (κ1) is 28.3. The Hall–Kier alpha value is -4.22. The molecule has 0 radical (unpaired) electrons. The molecule has 214 valence electrons. The fourth-order valence-electron chi connectivity index (χ4n) is 4.54. The minimum atomic E-state index is -3.75. The van der Waals surface area contributed by atoms with Gasteiger partial charge in [-0.2, -0.15) is 0 Å². The number of nitrogens with one attached hydrogen (secondary N) is 2. The highest BCUT2D eigenvalue weighted by Gasteiger charge is 2.18. The van der Waals surface area contributed by atoms with Gasteiger partial charge in [-0.05, 0) is 106 Å². The number of ether oxygens (including phenoxy) is 2. The number of piperidine rings is 1. The second-order valence-electron chi connectivity index (χ2n) is 9.97. The molecule has 1 aliphatic heterocycles. The van der Waals surface area contributed by atoms with Crippen LogP contribution in [0.1, 0.15) is 12.8 Å². The number of sulfonamides is 1. The molecule has 1 saturated heterocycles. The Bertz CT molecular complexity index is 1580. The molecule has 1 aromatic heterocycles. The normalized spacial score (nSPS) is 14.4. The summed E-state index contributed by atoms with van der Waals surface area (Å²) in [5.74, 6) is 1.31. The minimum Gasteiger partial charge on any atom is -0.497 e. The van der Waals surface area contributed by atoms with Crippen LogP contribution >= 0.6 is 0 Å². The highest BCUT2D eigenvalue weighted by molar-refractivity contribution is 7.92. The average molecular weight is 578 g/mol. The van der Waals surface area contributed by atoms with Crippen molar-refractivity contribution >= 4 is 27.2 Å². The van der Waals surface area contributed by atoms with E-state index in [9.17, 15) is 12.8 Å². The van der Waals surface area contributed by atoms with Crippen LogP contribution in [0.2, 0.25) is 0 Å². The molecule has 5 rings (SSSR count). The molecule has 0 amide bonds. The molecule has 1 fully saturated rings. The van der Waals surface area contributed by atoms with Gasteiger partial charge in [0.05, 0.1) is 24.3 Å². The monoisotopic (exact) mass is 577 g/mol. The Morgan fingerprint density at radius 1 is 0.951 bits per heavy atom. The van der Waals surface area contributed by atoms with Crippen molar-refractivity contribution in [3.63, 3.8) is 0 Å². The summed E-state index contributed by atoms with van der Waals surface area (Å²) in [6, 6.07) is 19.4. The molecule has 3 aromatic carbocycles. The van der Waals surface area contributed by atoms with E-state index in [0.29, 0.717) is 46.7 Å². The van der Waals surface area contributed by atoms with Crippen LogP contribution in [-0.4, -0.2) is 57.1 Å². The third-order valence-corrected chi connectivity index (χ3v) is 8.38. The number of anilines is 3. The van der Waals surface area contributed by atoms with E-state index in [-0.39, 0.29) is 10.6 Å². The van der Waals surface area contributed by atoms with Crippen LogP contribution < -0.4 is 19.5 Å². The summed E-state index contributed by atoms with van der Waals surface area (Å²) in [4.78, 5) is 11.0. The molecule has 0 atom stereocenters. The maximum absolute atomic E-state index is 14.9. The van der Waals surface area contributed by atoms with Crippen LogP contribution in [0, 0.1) is 11.7 Å². The topological polar surface area (TPSA) is 106 Å². The van der Waals surface area contributed by atoms with Gasteiger partial charge in [-0.1, -0.05) is 0 Å². The third-order valence-electron chi connectivity index (χ3n) is 6.99. The van der Waals surface area contributed by atoms with E-state index in [1.807, 2.05) is 0 Å². The lowest BCUT2D eigenvalue weighted by Gasteiger charge is -2.28. The highest BCUT2D eigenvalue weighted by atomic mass is 32.2. The summed E-state index contributed by atoms with van der Waals surface area (Å²) in [6.45, 7) is 2.58. The van der Waals surface area contributed by atoms with Crippen LogP contribution in [0.15, 0.2) is 84.0 Å². The highest BCUT2D eigenvalue weighted by Crippen LogP contribution is 2.28. The number of nitrogens with zero attached hydrogens (tertiary/aromatic N) is 3. The molecule has 0 aliphatic carbocycles. The number of hydrogen-bond acceptors (Lipinski definition) is 8. The number of rotatable bonds is 10. The first-order chi connectivity index (χ1) is 19.8. The molecular weight excluding hydrogens is 545 g/mol. The summed E-state index contributed by atoms with van der Waals surface area (Å²) in [5, 5.41) is 3.17. The van der Waals surface area contributed by atoms with Gasteiger partial charge >= 0.3 is 0 Å². The Balaban J connectivity index is 1.20. The van der Waals surface area contributed by atoms with E-state index in [1.165, 1.54) is 31.6 Å². The van der Waals surface area contributed by atoms with Crippen molar-refractivity contribution in [1.29, 1.82) is 0 Å². The Morgan fingerprint density at radius 3 is 2.34 bits per heavy atom. The van der Waals surface area contributed by atoms with Crippen molar-refractivity contribution < 1.29 is 22.3 Å². The van der Waals surface area contributed by atoms with Crippen molar-refractivity contribution in [3.8, 4) is 22.8 Å². The molecule has 1 aliphatic rings. The summed E-state index contributed by atoms with van der Waals surface area (Å²) in [7, 11) is -0.126. The average Bonchev–Trinajstić information content (AvgIpc) is 2.98. The Morgan fingerprint density at radius 2 is 1.66 bits per heavy atom. The van der Waals surface area contributed by atoms with Crippen LogP contribution in [0.3, 0.4) is 0 Å². The van der Waals surface area contributed by atoms with Crippen molar-refractivity contribution in [2.45, 2.75) is 17.7 Å². The van der Waals surface area contributed by atoms with E-state index in [1.54, 1.807) is 54.6 Å². The molecule has 0 saturated carbocycles. The lowest BCUT2D eigenvalue weighted by atomic mass is 9.98. The molecule has 0 bridgehead atoms. The predicted octanol–water partition coefficient (Wildman–Crippen LogP) is 5.56. The Kier molecular flexibility index (Phi) is 8.65. The fraction of sp³-hybridized carbons (Fsp3) is 0.267. The van der Waals surface area contributed by atoms with Crippen LogP contribution in [0.25, 0.3) is 11.3 Å². The molecule has 4 aromatic rings. The number of halogens is 1. The lowest BCUT2D eigenvalue weighted by molar-refractivity contribution is 0.157. The first-order valence-corrected chi connectivity index (χ1v) is 14.7. The molecular formula is C30H32FN5O4S. The maximum Gasteiger partial charge on any atom is 0.261 e. The quantitative estimate of drug-likeness (QED) is 0.253. The van der Waals surface area contributed by atoms with E-state index >= 15 is 0 Å². The third kappa shape index (κ3) is 7.30. The summed E-state index contributed by atoms with van der Waals surface area (Å²) in [5.41, 5.74) is 2.24. The van der Waals surface area contributed by atoms with E-state index in [2.05, 4.69) is 32.0 Å². The standard InChI is InChI=1S/C30H32FN5O4S/c1-36-15-13-21(14-16-36)19-40-29-12-3-22(17-27(29)31)28-18-30(33-20-32-28)34-23-4-6-24(7-5-23)35-41(37,38)26-10-8-25(39-2)9-11-26/h3-12,17-18,20-21,35H,13-16,19H2,1-2H3,(H,32,33,34). The van der Waals surface area contributed by atoms with E-state index in [4.69, 9.17) is 9.47 Å². The van der Waals surface area contributed by atoms with Gasteiger partial charge in [0.1, 0.15) is 17.9 Å². The van der Waals surface area contributed by atoms with Gasteiger partial charge < -0.3 is 19.7 Å². The summed E-state index contributed by atoms with van der Waals surface area (Å²) < 4.78 is 53.7. The van der Waals surface area contributed by atoms with Gasteiger partial charge in [-0.25, -0.2) is 22.8 Å². The molecule has 11 heteroatoms. The minimum absolute atomic E-state index is 0.127. The van der Waals surface area contributed by atoms with Crippen molar-refractivity contribution in [2.75, 3.05) is 43.9 Å². The molecule has 2 N–H and O–H groups in total. The van der Waals surface area contributed by atoms with Crippen LogP contribution in [0.5, 0.6) is 11.5 Å². The van der Waals surface area contributed by atoms with Gasteiger partial charge in [0.2, 0.25) is 0 Å². The number of aromatic nitrogens is 2. The van der Waals surface area contributed by atoms with Gasteiger partial charge in [0.25, 0.3) is 10.0 Å². The number of benzene rings is 3. The molecule has 9 nitrogen and oxygen atoms in total. The smallest absolute Gasteiger partial charge is 0.261 e. The van der Waals surface area contributed by atoms with Gasteiger partial charge in [-0.15, -0.1) is 0 Å². The maximum atomic E-state index is 14.9. The zero-order valence-electron chi connectivity index (χ0n) is 22.9.